The lowest BCUT2D eigenvalue weighted by Gasteiger charge is -2.28. The predicted molar refractivity (Wildman–Crippen MR) is 53.6 cm³/mol. The summed E-state index contributed by atoms with van der Waals surface area (Å²) < 4.78 is 5.46. The molecule has 3 atom stereocenters. The van der Waals surface area contributed by atoms with Crippen molar-refractivity contribution in [3.8, 4) is 0 Å². The SMILES string of the molecule is CO[C@@H]1C2CCCC[C@H]2CN1C(C)=O. The molecule has 1 saturated heterocycles. The van der Waals surface area contributed by atoms with Crippen LogP contribution in [0.1, 0.15) is 32.6 Å². The molecule has 2 aliphatic rings. The average molecular weight is 197 g/mol. The van der Waals surface area contributed by atoms with Gasteiger partial charge in [0.25, 0.3) is 0 Å². The van der Waals surface area contributed by atoms with E-state index in [1.54, 1.807) is 14.0 Å². The fourth-order valence-electron chi connectivity index (χ4n) is 3.04. The maximum absolute atomic E-state index is 11.4. The first-order valence-electron chi connectivity index (χ1n) is 5.54. The van der Waals surface area contributed by atoms with E-state index in [0.29, 0.717) is 11.8 Å². The van der Waals surface area contributed by atoms with Crippen molar-refractivity contribution in [2.75, 3.05) is 13.7 Å². The first-order valence-corrected chi connectivity index (χ1v) is 5.54. The average Bonchev–Trinajstić information content (AvgIpc) is 2.56. The highest BCUT2D eigenvalue weighted by atomic mass is 16.5. The Morgan fingerprint density at radius 3 is 2.71 bits per heavy atom. The molecule has 0 N–H and O–H groups in total. The Labute approximate surface area is 85.4 Å². The van der Waals surface area contributed by atoms with E-state index in [4.69, 9.17) is 4.74 Å². The molecule has 0 radical (unpaired) electrons. The smallest absolute Gasteiger partial charge is 0.221 e. The number of likely N-dealkylation sites (tertiary alicyclic amines) is 1. The molecule has 3 heteroatoms. The van der Waals surface area contributed by atoms with Gasteiger partial charge in [0, 0.05) is 26.5 Å². The molecule has 0 aromatic rings. The van der Waals surface area contributed by atoms with E-state index in [1.807, 2.05) is 4.90 Å². The maximum atomic E-state index is 11.4. The summed E-state index contributed by atoms with van der Waals surface area (Å²) in [7, 11) is 1.72. The van der Waals surface area contributed by atoms with Gasteiger partial charge < -0.3 is 9.64 Å². The van der Waals surface area contributed by atoms with Crippen LogP contribution in [0.3, 0.4) is 0 Å². The Kier molecular flexibility index (Phi) is 2.77. The summed E-state index contributed by atoms with van der Waals surface area (Å²) >= 11 is 0. The number of methoxy groups -OCH3 is 1. The summed E-state index contributed by atoms with van der Waals surface area (Å²) in [6.07, 6.45) is 5.18. The minimum atomic E-state index is 0.0535. The predicted octanol–water partition coefficient (Wildman–Crippen LogP) is 1.63. The van der Waals surface area contributed by atoms with Gasteiger partial charge in [-0.25, -0.2) is 0 Å². The number of nitrogens with zero attached hydrogens (tertiary/aromatic N) is 1. The number of amides is 1. The van der Waals surface area contributed by atoms with Crippen molar-refractivity contribution in [1.82, 2.24) is 4.90 Å². The van der Waals surface area contributed by atoms with Crippen LogP contribution in [0.25, 0.3) is 0 Å². The Morgan fingerprint density at radius 1 is 1.36 bits per heavy atom. The topological polar surface area (TPSA) is 29.5 Å². The van der Waals surface area contributed by atoms with Crippen LogP contribution in [-0.4, -0.2) is 30.7 Å². The molecule has 2 rings (SSSR count). The van der Waals surface area contributed by atoms with E-state index >= 15 is 0 Å². The fraction of sp³-hybridized carbons (Fsp3) is 0.909. The minimum absolute atomic E-state index is 0.0535. The Morgan fingerprint density at radius 2 is 2.07 bits per heavy atom. The summed E-state index contributed by atoms with van der Waals surface area (Å²) in [5.74, 6) is 1.45. The van der Waals surface area contributed by atoms with Crippen molar-refractivity contribution in [1.29, 1.82) is 0 Å². The lowest BCUT2D eigenvalue weighted by molar-refractivity contribution is -0.139. The number of carbonyl (C=O) groups is 1. The van der Waals surface area contributed by atoms with Crippen LogP contribution >= 0.6 is 0 Å². The van der Waals surface area contributed by atoms with Gasteiger partial charge in [0.05, 0.1) is 0 Å². The number of carbonyl (C=O) groups excluding carboxylic acids is 1. The first kappa shape index (κ1) is 9.97. The largest absolute Gasteiger partial charge is 0.361 e. The number of hydrogen-bond donors (Lipinski definition) is 0. The molecule has 0 bridgehead atoms. The molecular formula is C11H19NO2. The van der Waals surface area contributed by atoms with Crippen LogP contribution < -0.4 is 0 Å². The molecule has 0 aromatic heterocycles. The van der Waals surface area contributed by atoms with Crippen LogP contribution in [0.15, 0.2) is 0 Å². The second kappa shape index (κ2) is 3.89. The number of rotatable bonds is 1. The summed E-state index contributed by atoms with van der Waals surface area (Å²) in [6.45, 7) is 2.56. The summed E-state index contributed by atoms with van der Waals surface area (Å²) in [6, 6.07) is 0. The van der Waals surface area contributed by atoms with Gasteiger partial charge in [-0.3, -0.25) is 4.79 Å². The van der Waals surface area contributed by atoms with Crippen LogP contribution in [-0.2, 0) is 9.53 Å². The molecule has 1 amide bonds. The van der Waals surface area contributed by atoms with Gasteiger partial charge in [-0.05, 0) is 18.8 Å². The molecule has 14 heavy (non-hydrogen) atoms. The molecule has 0 aromatic carbocycles. The zero-order valence-electron chi connectivity index (χ0n) is 9.03. The molecule has 2 fully saturated rings. The van der Waals surface area contributed by atoms with Crippen LogP contribution in [0, 0.1) is 11.8 Å². The van der Waals surface area contributed by atoms with Crippen LogP contribution in [0.2, 0.25) is 0 Å². The minimum Gasteiger partial charge on any atom is -0.361 e. The lowest BCUT2D eigenvalue weighted by atomic mass is 9.81. The molecule has 1 aliphatic carbocycles. The third kappa shape index (κ3) is 1.54. The first-order chi connectivity index (χ1) is 6.74. The number of hydrogen-bond acceptors (Lipinski definition) is 2. The van der Waals surface area contributed by atoms with Crippen molar-refractivity contribution in [2.24, 2.45) is 11.8 Å². The van der Waals surface area contributed by atoms with Gasteiger partial charge in [-0.2, -0.15) is 0 Å². The molecule has 1 saturated carbocycles. The van der Waals surface area contributed by atoms with Gasteiger partial charge in [0.15, 0.2) is 0 Å². The van der Waals surface area contributed by atoms with E-state index in [9.17, 15) is 4.79 Å². The molecule has 1 heterocycles. The van der Waals surface area contributed by atoms with Gasteiger partial charge in [0.1, 0.15) is 6.23 Å². The van der Waals surface area contributed by atoms with E-state index in [2.05, 4.69) is 0 Å². The number of fused-ring (bicyclic) bond motifs is 1. The Bertz CT molecular complexity index is 229. The van der Waals surface area contributed by atoms with Crippen molar-refractivity contribution in [2.45, 2.75) is 38.8 Å². The van der Waals surface area contributed by atoms with Gasteiger partial charge in [0.2, 0.25) is 5.91 Å². The molecule has 3 nitrogen and oxygen atoms in total. The monoisotopic (exact) mass is 197 g/mol. The quantitative estimate of drug-likeness (QED) is 0.639. The second-order valence-electron chi connectivity index (χ2n) is 4.51. The molecular weight excluding hydrogens is 178 g/mol. The lowest BCUT2D eigenvalue weighted by Crippen LogP contribution is -2.37. The van der Waals surface area contributed by atoms with Crippen molar-refractivity contribution in [3.63, 3.8) is 0 Å². The van der Waals surface area contributed by atoms with Crippen LogP contribution in [0.4, 0.5) is 0 Å². The molecule has 1 unspecified atom stereocenters. The van der Waals surface area contributed by atoms with E-state index < -0.39 is 0 Å². The zero-order chi connectivity index (χ0) is 10.1. The van der Waals surface area contributed by atoms with Crippen molar-refractivity contribution < 1.29 is 9.53 Å². The van der Waals surface area contributed by atoms with Gasteiger partial charge >= 0.3 is 0 Å². The Hall–Kier alpha value is -0.570. The molecule has 0 spiro atoms. The molecule has 80 valence electrons. The molecule has 1 aliphatic heterocycles. The van der Waals surface area contributed by atoms with E-state index in [1.165, 1.54) is 25.7 Å². The standard InChI is InChI=1S/C11H19NO2/c1-8(13)12-7-9-5-3-4-6-10(9)11(12)14-2/h9-11H,3-7H2,1-2H3/t9-,10?,11+/m0/s1. The third-order valence-corrected chi connectivity index (χ3v) is 3.72. The summed E-state index contributed by atoms with van der Waals surface area (Å²) in [4.78, 5) is 13.3. The van der Waals surface area contributed by atoms with Crippen molar-refractivity contribution in [3.05, 3.63) is 0 Å². The van der Waals surface area contributed by atoms with Crippen LogP contribution in [0.5, 0.6) is 0 Å². The second-order valence-corrected chi connectivity index (χ2v) is 4.51. The van der Waals surface area contributed by atoms with Crippen molar-refractivity contribution >= 4 is 5.91 Å². The highest BCUT2D eigenvalue weighted by molar-refractivity contribution is 5.73. The summed E-state index contributed by atoms with van der Waals surface area (Å²) in [5, 5.41) is 0. The zero-order valence-corrected chi connectivity index (χ0v) is 9.03. The Balaban J connectivity index is 2.12. The van der Waals surface area contributed by atoms with E-state index in [-0.39, 0.29) is 12.1 Å². The number of ether oxygens (including phenoxy) is 1. The van der Waals surface area contributed by atoms with E-state index in [0.717, 1.165) is 6.54 Å². The third-order valence-electron chi connectivity index (χ3n) is 3.72. The normalized spacial score (nSPS) is 37.0. The summed E-state index contributed by atoms with van der Waals surface area (Å²) in [5.41, 5.74) is 0. The van der Waals surface area contributed by atoms with Gasteiger partial charge in [-0.1, -0.05) is 12.8 Å². The maximum Gasteiger partial charge on any atom is 0.221 e. The van der Waals surface area contributed by atoms with Gasteiger partial charge in [-0.15, -0.1) is 0 Å². The highest BCUT2D eigenvalue weighted by Gasteiger charge is 2.43. The fourth-order valence-corrected chi connectivity index (χ4v) is 3.04. The highest BCUT2D eigenvalue weighted by Crippen LogP contribution is 2.40.